The van der Waals surface area contributed by atoms with E-state index in [1.165, 1.54) is 18.9 Å². The van der Waals surface area contributed by atoms with Gasteiger partial charge in [0.2, 0.25) is 17.4 Å². The second-order valence-corrected chi connectivity index (χ2v) is 7.71. The van der Waals surface area contributed by atoms with Gasteiger partial charge in [0.1, 0.15) is 25.1 Å². The zero-order valence-corrected chi connectivity index (χ0v) is 17.3. The fourth-order valence-electron chi connectivity index (χ4n) is 2.68. The number of fused-ring (bicyclic) bond motifs is 1. The summed E-state index contributed by atoms with van der Waals surface area (Å²) in [5.41, 5.74) is 10.4. The fourth-order valence-corrected chi connectivity index (χ4v) is 4.42. The Hall–Kier alpha value is -3.60. The van der Waals surface area contributed by atoms with E-state index in [4.69, 9.17) is 21.3 Å². The predicted octanol–water partition coefficient (Wildman–Crippen LogP) is -1.13. The third-order valence-corrected chi connectivity index (χ3v) is 5.79. The van der Waals surface area contributed by atoms with Crippen LogP contribution >= 0.6 is 23.3 Å². The van der Waals surface area contributed by atoms with Crippen LogP contribution in [0.2, 0.25) is 0 Å². The van der Waals surface area contributed by atoms with E-state index in [2.05, 4.69) is 29.4 Å². The van der Waals surface area contributed by atoms with Crippen molar-refractivity contribution in [3.63, 3.8) is 0 Å². The maximum absolute atomic E-state index is 12.7. The van der Waals surface area contributed by atoms with Crippen molar-refractivity contribution in [2.24, 2.45) is 10.9 Å². The van der Waals surface area contributed by atoms with Crippen LogP contribution in [0.15, 0.2) is 16.6 Å². The smallest absolute Gasteiger partial charge is 0.449 e. The van der Waals surface area contributed by atoms with E-state index < -0.39 is 35.5 Å². The van der Waals surface area contributed by atoms with Crippen LogP contribution in [0.4, 0.5) is 14.7 Å². The molecule has 0 spiro atoms. The number of carbonyl (C=O) groups excluding carboxylic acids is 3. The van der Waals surface area contributed by atoms with Gasteiger partial charge in [0, 0.05) is 22.9 Å². The van der Waals surface area contributed by atoms with Gasteiger partial charge in [-0.1, -0.05) is 5.16 Å². The number of rotatable bonds is 7. The third-order valence-electron chi connectivity index (χ3n) is 3.90. The molecule has 2 aliphatic heterocycles. The van der Waals surface area contributed by atoms with Gasteiger partial charge in [0.05, 0.1) is 0 Å². The zero-order chi connectivity index (χ0) is 22.7. The average Bonchev–Trinajstić information content (AvgIpc) is 3.13. The van der Waals surface area contributed by atoms with Gasteiger partial charge in [-0.2, -0.15) is 9.36 Å². The summed E-state index contributed by atoms with van der Waals surface area (Å²) in [4.78, 5) is 56.8. The number of β-lactam (4-membered cyclic amide) rings is 1. The molecule has 0 saturated carbocycles. The molecule has 0 aliphatic carbocycles. The monoisotopic (exact) mass is 473 g/mol. The number of nitrogens with zero attached hydrogens (tertiary/aromatic N) is 4. The molecule has 1 aromatic rings. The summed E-state index contributed by atoms with van der Waals surface area (Å²) in [5.74, 6) is -1.68. The van der Waals surface area contributed by atoms with E-state index in [1.54, 1.807) is 0 Å². The molecule has 2 atom stereocenters. The molecule has 3 heterocycles. The molecule has 1 aromatic heterocycles. The van der Waals surface area contributed by atoms with E-state index >= 15 is 0 Å². The van der Waals surface area contributed by atoms with Crippen LogP contribution in [0.25, 0.3) is 0 Å². The van der Waals surface area contributed by atoms with Crippen molar-refractivity contribution in [1.29, 1.82) is 0 Å². The molecule has 1 fully saturated rings. The van der Waals surface area contributed by atoms with Crippen LogP contribution in [0.1, 0.15) is 5.82 Å². The minimum absolute atomic E-state index is 0.0811. The normalized spacial score (nSPS) is 20.5. The second-order valence-electron chi connectivity index (χ2n) is 5.82. The van der Waals surface area contributed by atoms with Gasteiger partial charge in [0.25, 0.3) is 11.8 Å². The van der Waals surface area contributed by atoms with Crippen LogP contribution in [0, 0.1) is 0 Å². The fraction of sp³-hybridized carbons (Fsp3) is 0.357. The first kappa shape index (κ1) is 22.1. The van der Waals surface area contributed by atoms with Gasteiger partial charge in [-0.3, -0.25) is 14.5 Å². The maximum Gasteiger partial charge on any atom is 0.512 e. The first-order chi connectivity index (χ1) is 14.7. The SMILES string of the molecule is CO/N=C(\C(=O)N[C@@H]1C(=O)N2C(OC(=O)O)=C(COC(N)=O)CS[C@@H]12)c1nsc(N)n1. The third kappa shape index (κ3) is 4.61. The van der Waals surface area contributed by atoms with Crippen LogP contribution in [-0.4, -0.2) is 80.0 Å². The lowest BCUT2D eigenvalue weighted by atomic mass is 10.1. The second kappa shape index (κ2) is 9.04. The Balaban J connectivity index is 1.77. The van der Waals surface area contributed by atoms with E-state index in [1.807, 2.05) is 0 Å². The van der Waals surface area contributed by atoms with Gasteiger partial charge in [0.15, 0.2) is 5.13 Å². The number of ether oxygens (including phenoxy) is 2. The number of hydrogen-bond acceptors (Lipinski definition) is 13. The molecule has 2 aliphatic rings. The standard InChI is InChI=1S/C14H15N7O8S2/c1-27-19-5(7-18-12(15)31-20-7)8(22)17-6-9(23)21-10(29-14(25)26)4(2-28-13(16)24)3-30-11(6)21/h6,11H,2-3H2,1H3,(H2,16,24)(H,17,22)(H,25,26)(H2,15,18,20)/b19-5-/t6-,11+/m1/s1. The maximum atomic E-state index is 12.7. The lowest BCUT2D eigenvalue weighted by Crippen LogP contribution is -2.70. The molecule has 166 valence electrons. The Morgan fingerprint density at radius 2 is 2.16 bits per heavy atom. The molecule has 0 unspecified atom stereocenters. The molecule has 0 radical (unpaired) electrons. The number of nitrogens with one attached hydrogen (secondary N) is 1. The number of carbonyl (C=O) groups is 4. The largest absolute Gasteiger partial charge is 0.512 e. The summed E-state index contributed by atoms with van der Waals surface area (Å²) in [6.45, 7) is -0.361. The number of oxime groups is 1. The number of nitrogens with two attached hydrogens (primary N) is 2. The van der Waals surface area contributed by atoms with Crippen LogP contribution in [0.3, 0.4) is 0 Å². The number of primary amides is 1. The minimum atomic E-state index is -1.67. The van der Waals surface area contributed by atoms with E-state index in [0.29, 0.717) is 0 Å². The van der Waals surface area contributed by atoms with Gasteiger partial charge in [-0.15, -0.1) is 11.8 Å². The van der Waals surface area contributed by atoms with Crippen molar-refractivity contribution in [3.8, 4) is 0 Å². The summed E-state index contributed by atoms with van der Waals surface area (Å²) in [7, 11) is 1.21. The number of hydrogen-bond donors (Lipinski definition) is 4. The Morgan fingerprint density at radius 1 is 1.42 bits per heavy atom. The highest BCUT2D eigenvalue weighted by Gasteiger charge is 2.54. The Kier molecular flexibility index (Phi) is 6.44. The molecule has 17 heteroatoms. The molecule has 0 bridgehead atoms. The highest BCUT2D eigenvalue weighted by molar-refractivity contribution is 8.00. The highest BCUT2D eigenvalue weighted by Crippen LogP contribution is 2.40. The summed E-state index contributed by atoms with van der Waals surface area (Å²) >= 11 is 2.03. The topological polar surface area (TPSA) is 222 Å². The molecule has 1 saturated heterocycles. The average molecular weight is 473 g/mol. The van der Waals surface area contributed by atoms with Crippen molar-refractivity contribution < 1.29 is 38.6 Å². The minimum Gasteiger partial charge on any atom is -0.449 e. The summed E-state index contributed by atoms with van der Waals surface area (Å²) in [6, 6.07) is -1.03. The quantitative estimate of drug-likeness (QED) is 0.160. The lowest BCUT2D eigenvalue weighted by molar-refractivity contribution is -0.148. The molecule has 0 aromatic carbocycles. The van der Waals surface area contributed by atoms with Crippen LogP contribution in [-0.2, 0) is 23.9 Å². The van der Waals surface area contributed by atoms with Crippen molar-refractivity contribution in [2.45, 2.75) is 11.4 Å². The Labute approximate surface area is 181 Å². The van der Waals surface area contributed by atoms with E-state index in [-0.39, 0.29) is 40.5 Å². The molecule has 15 nitrogen and oxygen atoms in total. The molecule has 3 amide bonds. The number of thioether (sulfide) groups is 1. The number of aromatic nitrogens is 2. The lowest BCUT2D eigenvalue weighted by Gasteiger charge is -2.49. The van der Waals surface area contributed by atoms with Crippen molar-refractivity contribution in [3.05, 3.63) is 17.3 Å². The van der Waals surface area contributed by atoms with Gasteiger partial charge in [-0.25, -0.2) is 9.59 Å². The van der Waals surface area contributed by atoms with Gasteiger partial charge in [-0.05, 0) is 0 Å². The summed E-state index contributed by atoms with van der Waals surface area (Å²) in [6.07, 6.45) is -2.74. The molecule has 6 N–H and O–H groups in total. The Bertz CT molecular complexity index is 993. The van der Waals surface area contributed by atoms with Gasteiger partial charge < -0.3 is 36.2 Å². The molecular weight excluding hydrogens is 458 g/mol. The molecule has 31 heavy (non-hydrogen) atoms. The number of amides is 3. The molecular formula is C14H15N7O8S2. The van der Waals surface area contributed by atoms with Gasteiger partial charge >= 0.3 is 12.2 Å². The van der Waals surface area contributed by atoms with Crippen LogP contribution < -0.4 is 16.8 Å². The van der Waals surface area contributed by atoms with Crippen molar-refractivity contribution in [2.75, 3.05) is 25.2 Å². The summed E-state index contributed by atoms with van der Waals surface area (Å²) < 4.78 is 13.3. The highest BCUT2D eigenvalue weighted by atomic mass is 32.2. The van der Waals surface area contributed by atoms with Crippen LogP contribution in [0.5, 0.6) is 0 Å². The number of nitrogen functional groups attached to an aromatic ring is 1. The van der Waals surface area contributed by atoms with Crippen molar-refractivity contribution >= 4 is 58.2 Å². The number of anilines is 1. The Morgan fingerprint density at radius 3 is 2.74 bits per heavy atom. The first-order valence-electron chi connectivity index (χ1n) is 8.24. The van der Waals surface area contributed by atoms with E-state index in [0.717, 1.165) is 16.4 Å². The summed E-state index contributed by atoms with van der Waals surface area (Å²) in [5, 5.41) is 14.5. The predicted molar refractivity (Wildman–Crippen MR) is 105 cm³/mol. The van der Waals surface area contributed by atoms with Crippen molar-refractivity contribution in [1.82, 2.24) is 19.6 Å². The zero-order valence-electron chi connectivity index (χ0n) is 15.6. The first-order valence-corrected chi connectivity index (χ1v) is 10.1. The molecule has 3 rings (SSSR count). The van der Waals surface area contributed by atoms with E-state index in [9.17, 15) is 19.2 Å². The number of carboxylic acid groups (broad SMARTS) is 1.